The molecule has 0 spiro atoms. The lowest BCUT2D eigenvalue weighted by molar-refractivity contribution is 0.239. The van der Waals surface area contributed by atoms with E-state index in [-0.39, 0.29) is 12.1 Å². The van der Waals surface area contributed by atoms with Gasteiger partial charge in [0.1, 0.15) is 12.1 Å². The van der Waals surface area contributed by atoms with Crippen LogP contribution in [0.5, 0.6) is 0 Å². The van der Waals surface area contributed by atoms with Crippen LogP contribution in [0.4, 0.5) is 10.5 Å². The lowest BCUT2D eigenvalue weighted by Crippen LogP contribution is -2.51. The van der Waals surface area contributed by atoms with Crippen LogP contribution < -0.4 is 10.6 Å². The Balaban J connectivity index is 1.98. The highest BCUT2D eigenvalue weighted by Crippen LogP contribution is 2.19. The summed E-state index contributed by atoms with van der Waals surface area (Å²) in [5.41, 5.74) is 0.114. The van der Waals surface area contributed by atoms with Gasteiger partial charge in [-0.2, -0.15) is 0 Å². The summed E-state index contributed by atoms with van der Waals surface area (Å²) in [4.78, 5) is 16.6. The van der Waals surface area contributed by atoms with Gasteiger partial charge in [0.25, 0.3) is 0 Å². The minimum atomic E-state index is -0.636. The minimum absolute atomic E-state index is 0.165. The van der Waals surface area contributed by atoms with Crippen molar-refractivity contribution < 1.29 is 9.53 Å². The molecular weight excluding hydrogens is 266 g/mol. The van der Waals surface area contributed by atoms with E-state index in [1.165, 1.54) is 0 Å². The third-order valence-electron chi connectivity index (χ3n) is 3.44. The zero-order chi connectivity index (χ0) is 15.5. The fourth-order valence-corrected chi connectivity index (χ4v) is 2.09. The van der Waals surface area contributed by atoms with Crippen LogP contribution in [0, 0.1) is 5.92 Å². The van der Waals surface area contributed by atoms with Crippen LogP contribution in [0.1, 0.15) is 27.7 Å². The summed E-state index contributed by atoms with van der Waals surface area (Å²) in [6.45, 7) is 8.59. The van der Waals surface area contributed by atoms with Crippen molar-refractivity contribution in [2.75, 3.05) is 11.9 Å². The third-order valence-corrected chi connectivity index (χ3v) is 3.44. The molecule has 1 atom stereocenters. The molecule has 5 heteroatoms. The molecule has 0 aliphatic carbocycles. The molecule has 2 amide bonds. The molecule has 2 N–H and O–H groups in total. The Kier molecular flexibility index (Phi) is 4.50. The van der Waals surface area contributed by atoms with Gasteiger partial charge in [0.15, 0.2) is 0 Å². The molecule has 5 nitrogen and oxygen atoms in total. The number of para-hydroxylation sites is 1. The fourth-order valence-electron chi connectivity index (χ4n) is 2.09. The molecule has 0 aromatic heterocycles. The third kappa shape index (κ3) is 3.97. The number of anilines is 1. The predicted molar refractivity (Wildman–Crippen MR) is 84.7 cm³/mol. The van der Waals surface area contributed by atoms with E-state index in [0.717, 1.165) is 5.69 Å². The molecule has 0 radical (unpaired) electrons. The van der Waals surface area contributed by atoms with E-state index >= 15 is 0 Å². The van der Waals surface area contributed by atoms with Crippen LogP contribution in [0.15, 0.2) is 35.3 Å². The maximum atomic E-state index is 12.1. The van der Waals surface area contributed by atoms with Crippen LogP contribution in [0.3, 0.4) is 0 Å². The Morgan fingerprint density at radius 3 is 2.57 bits per heavy atom. The number of carbonyl (C=O) groups excluding carboxylic acids is 1. The molecule has 1 aromatic rings. The SMILES string of the molecule is CC(C)[C@H]1COC(C(C)(C)NC(=O)Nc2ccccc2)=N1. The van der Waals surface area contributed by atoms with Crippen LogP contribution in [0.2, 0.25) is 0 Å². The number of hydrogen-bond donors (Lipinski definition) is 2. The first-order valence-corrected chi connectivity index (χ1v) is 7.24. The van der Waals surface area contributed by atoms with Gasteiger partial charge in [-0.1, -0.05) is 32.0 Å². The largest absolute Gasteiger partial charge is 0.477 e. The number of aliphatic imine (C=N–C) groups is 1. The number of rotatable bonds is 4. The lowest BCUT2D eigenvalue weighted by Gasteiger charge is -2.25. The van der Waals surface area contributed by atoms with E-state index in [1.54, 1.807) is 0 Å². The van der Waals surface area contributed by atoms with Crippen molar-refractivity contribution in [1.82, 2.24) is 5.32 Å². The number of nitrogens with zero attached hydrogens (tertiary/aromatic N) is 1. The van der Waals surface area contributed by atoms with Gasteiger partial charge >= 0.3 is 6.03 Å². The standard InChI is InChI=1S/C16H23N3O2/c1-11(2)13-10-21-14(18-13)16(3,4)19-15(20)17-12-8-6-5-7-9-12/h5-9,11,13H,10H2,1-4H3,(H2,17,19,20)/t13-/m1/s1. The van der Waals surface area contributed by atoms with Crippen molar-refractivity contribution in [2.24, 2.45) is 10.9 Å². The lowest BCUT2D eigenvalue weighted by atomic mass is 10.1. The number of amides is 2. The second-order valence-electron chi connectivity index (χ2n) is 6.13. The van der Waals surface area contributed by atoms with Gasteiger partial charge in [0.05, 0.1) is 6.04 Å². The molecule has 1 heterocycles. The van der Waals surface area contributed by atoms with Gasteiger partial charge in [-0.15, -0.1) is 0 Å². The summed E-state index contributed by atoms with van der Waals surface area (Å²) in [5, 5.41) is 5.70. The van der Waals surface area contributed by atoms with Crippen molar-refractivity contribution in [3.05, 3.63) is 30.3 Å². The van der Waals surface area contributed by atoms with E-state index in [0.29, 0.717) is 18.4 Å². The summed E-state index contributed by atoms with van der Waals surface area (Å²) < 4.78 is 5.65. The highest BCUT2D eigenvalue weighted by Gasteiger charge is 2.34. The van der Waals surface area contributed by atoms with Gasteiger partial charge in [-0.25, -0.2) is 9.79 Å². The number of nitrogens with one attached hydrogen (secondary N) is 2. The molecule has 0 unspecified atom stereocenters. The Labute approximate surface area is 125 Å². The Morgan fingerprint density at radius 2 is 2.00 bits per heavy atom. The number of ether oxygens (including phenoxy) is 1. The van der Waals surface area contributed by atoms with Gasteiger partial charge in [-0.05, 0) is 31.9 Å². The average molecular weight is 289 g/mol. The highest BCUT2D eigenvalue weighted by molar-refractivity contribution is 5.96. The molecule has 0 saturated carbocycles. The average Bonchev–Trinajstić information content (AvgIpc) is 2.89. The predicted octanol–water partition coefficient (Wildman–Crippen LogP) is 3.04. The molecule has 21 heavy (non-hydrogen) atoms. The zero-order valence-corrected chi connectivity index (χ0v) is 13.0. The molecule has 1 aliphatic rings. The number of carbonyl (C=O) groups is 1. The Bertz CT molecular complexity index is 524. The van der Waals surface area contributed by atoms with Gasteiger partial charge in [0, 0.05) is 5.69 Å². The quantitative estimate of drug-likeness (QED) is 0.895. The molecule has 1 aliphatic heterocycles. The number of hydrogen-bond acceptors (Lipinski definition) is 3. The number of urea groups is 1. The van der Waals surface area contributed by atoms with Crippen molar-refractivity contribution in [1.29, 1.82) is 0 Å². The molecule has 1 aromatic carbocycles. The first-order chi connectivity index (χ1) is 9.88. The first kappa shape index (κ1) is 15.4. The Morgan fingerprint density at radius 1 is 1.33 bits per heavy atom. The van der Waals surface area contributed by atoms with Crippen LogP contribution in [-0.2, 0) is 4.74 Å². The van der Waals surface area contributed by atoms with Gasteiger partial charge < -0.3 is 15.4 Å². The molecule has 0 fully saturated rings. The summed E-state index contributed by atoms with van der Waals surface area (Å²) in [6.07, 6.45) is 0. The maximum Gasteiger partial charge on any atom is 0.320 e. The molecular formula is C16H23N3O2. The number of benzene rings is 1. The summed E-state index contributed by atoms with van der Waals surface area (Å²) in [5.74, 6) is 1.01. The van der Waals surface area contributed by atoms with E-state index in [4.69, 9.17) is 4.74 Å². The van der Waals surface area contributed by atoms with Crippen molar-refractivity contribution in [3.8, 4) is 0 Å². The Hall–Kier alpha value is -2.04. The van der Waals surface area contributed by atoms with E-state index in [2.05, 4.69) is 29.5 Å². The molecule has 114 valence electrons. The molecule has 2 rings (SSSR count). The summed E-state index contributed by atoms with van der Waals surface area (Å²) >= 11 is 0. The fraction of sp³-hybridized carbons (Fsp3) is 0.500. The van der Waals surface area contributed by atoms with E-state index in [9.17, 15) is 4.79 Å². The van der Waals surface area contributed by atoms with Crippen LogP contribution in [-0.4, -0.2) is 30.1 Å². The minimum Gasteiger partial charge on any atom is -0.477 e. The van der Waals surface area contributed by atoms with Gasteiger partial charge in [-0.3, -0.25) is 0 Å². The van der Waals surface area contributed by atoms with Crippen molar-refractivity contribution in [3.63, 3.8) is 0 Å². The van der Waals surface area contributed by atoms with E-state index in [1.807, 2.05) is 44.2 Å². The zero-order valence-electron chi connectivity index (χ0n) is 13.0. The summed E-state index contributed by atoms with van der Waals surface area (Å²) in [6, 6.07) is 9.22. The second-order valence-corrected chi connectivity index (χ2v) is 6.13. The van der Waals surface area contributed by atoms with Crippen LogP contribution >= 0.6 is 0 Å². The first-order valence-electron chi connectivity index (χ1n) is 7.24. The summed E-state index contributed by atoms with van der Waals surface area (Å²) in [7, 11) is 0. The molecule has 0 bridgehead atoms. The topological polar surface area (TPSA) is 62.7 Å². The van der Waals surface area contributed by atoms with Crippen LogP contribution in [0.25, 0.3) is 0 Å². The normalized spacial score (nSPS) is 18.1. The van der Waals surface area contributed by atoms with Gasteiger partial charge in [0.2, 0.25) is 5.90 Å². The smallest absolute Gasteiger partial charge is 0.320 e. The second kappa shape index (κ2) is 6.16. The molecule has 0 saturated heterocycles. The van der Waals surface area contributed by atoms with E-state index < -0.39 is 5.54 Å². The van der Waals surface area contributed by atoms with Crippen molar-refractivity contribution >= 4 is 17.6 Å². The highest BCUT2D eigenvalue weighted by atomic mass is 16.5. The maximum absolute atomic E-state index is 12.1. The van der Waals surface area contributed by atoms with Crippen molar-refractivity contribution in [2.45, 2.75) is 39.3 Å². The monoisotopic (exact) mass is 289 g/mol.